The maximum atomic E-state index is 15.3. The molecule has 0 aliphatic carbocycles. The van der Waals surface area contributed by atoms with Crippen molar-refractivity contribution in [2.75, 3.05) is 46.3 Å². The Hall–Kier alpha value is -4.25. The first kappa shape index (κ1) is 35.1. The predicted octanol–water partition coefficient (Wildman–Crippen LogP) is 3.77. The summed E-state index contributed by atoms with van der Waals surface area (Å²) in [4.78, 5) is 30.6. The van der Waals surface area contributed by atoms with Crippen LogP contribution in [0.4, 0.5) is 18.9 Å². The molecule has 2 heterocycles. The van der Waals surface area contributed by atoms with Crippen molar-refractivity contribution < 1.29 is 55.2 Å². The number of hydrogen-bond acceptors (Lipinski definition) is 10. The van der Waals surface area contributed by atoms with E-state index < -0.39 is 56.5 Å². The minimum atomic E-state index is -5.32. The number of halogens is 4. The molecule has 0 radical (unpaired) electrons. The summed E-state index contributed by atoms with van der Waals surface area (Å²) in [5, 5.41) is 11.0. The molecule has 17 heteroatoms. The van der Waals surface area contributed by atoms with Crippen LogP contribution in [0.1, 0.15) is 17.5 Å². The number of benzene rings is 3. The normalized spacial score (nSPS) is 21.2. The van der Waals surface area contributed by atoms with Crippen LogP contribution in [0.25, 0.3) is 0 Å². The minimum absolute atomic E-state index is 0.0164. The van der Waals surface area contributed by atoms with E-state index in [0.29, 0.717) is 4.31 Å². The zero-order valence-corrected chi connectivity index (χ0v) is 27.8. The molecule has 3 aromatic rings. The van der Waals surface area contributed by atoms with E-state index in [0.717, 1.165) is 25.3 Å². The van der Waals surface area contributed by atoms with Crippen LogP contribution < -0.4 is 23.3 Å². The monoisotopic (exact) mass is 713 g/mol. The summed E-state index contributed by atoms with van der Waals surface area (Å²) in [6.07, 6.45) is -6.61. The van der Waals surface area contributed by atoms with E-state index in [1.807, 2.05) is 0 Å². The van der Waals surface area contributed by atoms with Crippen LogP contribution in [-0.2, 0) is 25.2 Å². The molecule has 12 nitrogen and oxygen atoms in total. The van der Waals surface area contributed by atoms with Gasteiger partial charge in [-0.15, -0.1) is 13.2 Å². The number of aliphatic hydroxyl groups is 1. The predicted molar refractivity (Wildman–Crippen MR) is 166 cm³/mol. The molecule has 0 bridgehead atoms. The molecule has 0 spiro atoms. The van der Waals surface area contributed by atoms with Gasteiger partial charge in [0.15, 0.2) is 11.3 Å². The standard InChI is InChI=1S/C31H31ClF3N3O9S/c1-36(2)28(40)24-13-18(39)16-37(24)30(22-14-19(44-3)7-10-25(22)46-5)21-12-17(32)6-9-23(21)38(29(30)41)48(42,43)27-11-8-20(45-4)15-26(27)47-31(33,34)35/h6-12,14-15,18,24,39H,13,16H2,1-5H3/t18-,24+,30?/m1/s1. The van der Waals surface area contributed by atoms with Crippen molar-refractivity contribution in [1.29, 1.82) is 0 Å². The van der Waals surface area contributed by atoms with Crippen molar-refractivity contribution in [2.45, 2.75) is 35.4 Å². The summed E-state index contributed by atoms with van der Waals surface area (Å²) >= 11 is 6.48. The molecule has 1 saturated heterocycles. The molecule has 0 aromatic heterocycles. The Balaban J connectivity index is 1.88. The number of anilines is 1. The number of rotatable bonds is 9. The lowest BCUT2D eigenvalue weighted by atomic mass is 9.80. The molecule has 5 rings (SSSR count). The molecule has 3 aromatic carbocycles. The van der Waals surface area contributed by atoms with Gasteiger partial charge in [-0.05, 0) is 55.0 Å². The number of methoxy groups -OCH3 is 3. The molecule has 1 unspecified atom stereocenters. The highest BCUT2D eigenvalue weighted by atomic mass is 35.5. The average Bonchev–Trinajstić information content (AvgIpc) is 3.53. The molecule has 2 aliphatic heterocycles. The lowest BCUT2D eigenvalue weighted by Gasteiger charge is -2.42. The van der Waals surface area contributed by atoms with E-state index in [9.17, 15) is 31.5 Å². The fraction of sp³-hybridized carbons (Fsp3) is 0.355. The molecule has 258 valence electrons. The van der Waals surface area contributed by atoms with Gasteiger partial charge in [0.05, 0.1) is 39.2 Å². The number of aliphatic hydroxyl groups excluding tert-OH is 1. The number of amides is 2. The van der Waals surface area contributed by atoms with E-state index in [-0.39, 0.29) is 52.1 Å². The van der Waals surface area contributed by atoms with Crippen LogP contribution in [0.5, 0.6) is 23.0 Å². The summed E-state index contributed by atoms with van der Waals surface area (Å²) in [6, 6.07) is 9.74. The first-order valence-corrected chi connectivity index (χ1v) is 16.0. The topological polar surface area (TPSA) is 135 Å². The molecule has 0 saturated carbocycles. The Bertz CT molecular complexity index is 1880. The van der Waals surface area contributed by atoms with E-state index in [4.69, 9.17) is 25.8 Å². The number of β-amino-alcohol motifs (C(OH)–C–C–N with tert-alkyl or cyclic N) is 1. The van der Waals surface area contributed by atoms with Crippen molar-refractivity contribution in [2.24, 2.45) is 0 Å². The summed E-state index contributed by atoms with van der Waals surface area (Å²) in [5.41, 5.74) is -2.57. The molecule has 48 heavy (non-hydrogen) atoms. The van der Waals surface area contributed by atoms with Gasteiger partial charge in [0, 0.05) is 42.9 Å². The third-order valence-corrected chi connectivity index (χ3v) is 10.2. The Morgan fingerprint density at radius 1 is 0.958 bits per heavy atom. The molecule has 3 atom stereocenters. The van der Waals surface area contributed by atoms with Crippen LogP contribution >= 0.6 is 11.6 Å². The Kier molecular flexibility index (Phi) is 9.24. The summed E-state index contributed by atoms with van der Waals surface area (Å²) in [6.45, 7) is -0.304. The van der Waals surface area contributed by atoms with Gasteiger partial charge in [0.1, 0.15) is 22.1 Å². The lowest BCUT2D eigenvalue weighted by Crippen LogP contribution is -2.59. The first-order valence-electron chi connectivity index (χ1n) is 14.2. The van der Waals surface area contributed by atoms with Crippen molar-refractivity contribution in [3.8, 4) is 23.0 Å². The third-order valence-electron chi connectivity index (χ3n) is 8.19. The van der Waals surface area contributed by atoms with Gasteiger partial charge >= 0.3 is 6.36 Å². The minimum Gasteiger partial charge on any atom is -0.497 e. The Morgan fingerprint density at radius 3 is 2.21 bits per heavy atom. The number of fused-ring (bicyclic) bond motifs is 1. The third kappa shape index (κ3) is 5.76. The van der Waals surface area contributed by atoms with Gasteiger partial charge in [-0.3, -0.25) is 14.5 Å². The van der Waals surface area contributed by atoms with Gasteiger partial charge in [-0.2, -0.15) is 0 Å². The number of ether oxygens (including phenoxy) is 4. The highest BCUT2D eigenvalue weighted by Gasteiger charge is 2.64. The van der Waals surface area contributed by atoms with E-state index in [1.165, 1.54) is 74.5 Å². The Morgan fingerprint density at radius 2 is 1.60 bits per heavy atom. The van der Waals surface area contributed by atoms with Crippen LogP contribution in [0.3, 0.4) is 0 Å². The second-order valence-electron chi connectivity index (χ2n) is 11.2. The lowest BCUT2D eigenvalue weighted by molar-refractivity contribution is -0.275. The maximum Gasteiger partial charge on any atom is 0.573 e. The molecule has 1 N–H and O–H groups in total. The number of likely N-dealkylation sites (N-methyl/N-ethyl adjacent to an activating group) is 1. The number of likely N-dealkylation sites (tertiary alicyclic amines) is 1. The fourth-order valence-electron chi connectivity index (χ4n) is 6.22. The zero-order chi connectivity index (χ0) is 35.3. The van der Waals surface area contributed by atoms with Crippen molar-refractivity contribution in [1.82, 2.24) is 9.80 Å². The molecule has 2 aliphatic rings. The quantitative estimate of drug-likeness (QED) is 0.349. The van der Waals surface area contributed by atoms with Crippen LogP contribution in [0.15, 0.2) is 59.5 Å². The van der Waals surface area contributed by atoms with Crippen molar-refractivity contribution in [3.05, 3.63) is 70.7 Å². The van der Waals surface area contributed by atoms with Gasteiger partial charge in [0.25, 0.3) is 15.9 Å². The average molecular weight is 714 g/mol. The molecular formula is C31H31ClF3N3O9S. The number of alkyl halides is 3. The second-order valence-corrected chi connectivity index (χ2v) is 13.4. The van der Waals surface area contributed by atoms with Gasteiger partial charge in [-0.25, -0.2) is 12.7 Å². The number of carbonyl (C=O) groups is 2. The van der Waals surface area contributed by atoms with E-state index >= 15 is 4.79 Å². The largest absolute Gasteiger partial charge is 0.573 e. The SMILES string of the molecule is COc1ccc(S(=O)(=O)N2C(=O)C(c3cc(OC)ccc3OC)(N3C[C@H](O)C[C@H]3C(=O)N(C)C)c3cc(Cl)ccc32)c(OC(F)(F)F)c1. The first-order chi connectivity index (χ1) is 22.5. The van der Waals surface area contributed by atoms with Gasteiger partial charge in [-0.1, -0.05) is 11.6 Å². The highest BCUT2D eigenvalue weighted by Crippen LogP contribution is 2.56. The van der Waals surface area contributed by atoms with E-state index in [2.05, 4.69) is 4.74 Å². The number of nitrogens with zero attached hydrogens (tertiary/aromatic N) is 3. The Labute approximate surface area is 279 Å². The van der Waals surface area contributed by atoms with Crippen LogP contribution in [0, 0.1) is 0 Å². The van der Waals surface area contributed by atoms with E-state index in [1.54, 1.807) is 0 Å². The summed E-state index contributed by atoms with van der Waals surface area (Å²) in [5.74, 6) is -2.75. The molecular weight excluding hydrogens is 683 g/mol. The molecule has 2 amide bonds. The maximum absolute atomic E-state index is 15.3. The smallest absolute Gasteiger partial charge is 0.497 e. The zero-order valence-electron chi connectivity index (χ0n) is 26.2. The van der Waals surface area contributed by atoms with Gasteiger partial charge in [0.2, 0.25) is 5.91 Å². The number of hydrogen-bond donors (Lipinski definition) is 1. The van der Waals surface area contributed by atoms with Crippen molar-refractivity contribution in [3.63, 3.8) is 0 Å². The fourth-order valence-corrected chi connectivity index (χ4v) is 7.95. The van der Waals surface area contributed by atoms with Crippen molar-refractivity contribution >= 4 is 39.1 Å². The number of sulfonamides is 1. The number of carbonyl (C=O) groups excluding carboxylic acids is 2. The summed E-state index contributed by atoms with van der Waals surface area (Å²) < 4.78 is 90.4. The van der Waals surface area contributed by atoms with Crippen LogP contribution in [0.2, 0.25) is 5.02 Å². The second kappa shape index (κ2) is 12.7. The van der Waals surface area contributed by atoms with Crippen LogP contribution in [-0.4, -0.2) is 95.6 Å². The summed E-state index contributed by atoms with van der Waals surface area (Å²) in [7, 11) is 1.55. The molecule has 1 fully saturated rings. The van der Waals surface area contributed by atoms with Gasteiger partial charge < -0.3 is 29.0 Å². The highest BCUT2D eigenvalue weighted by molar-refractivity contribution is 7.93.